The second-order valence-electron chi connectivity index (χ2n) is 8.26. The van der Waals surface area contributed by atoms with Crippen LogP contribution in [0.2, 0.25) is 0 Å². The van der Waals surface area contributed by atoms with E-state index < -0.39 is 10.0 Å². The van der Waals surface area contributed by atoms with Crippen molar-refractivity contribution in [3.63, 3.8) is 0 Å². The van der Waals surface area contributed by atoms with Crippen molar-refractivity contribution in [2.45, 2.75) is 56.3 Å². The number of likely N-dealkylation sites (tertiary alicyclic amines) is 1. The first kappa shape index (κ1) is 19.4. The van der Waals surface area contributed by atoms with Crippen LogP contribution in [0.3, 0.4) is 0 Å². The number of amidine groups is 1. The summed E-state index contributed by atoms with van der Waals surface area (Å²) in [6, 6.07) is 6.94. The van der Waals surface area contributed by atoms with E-state index in [1.807, 2.05) is 11.0 Å². The van der Waals surface area contributed by atoms with Crippen LogP contribution in [0.15, 0.2) is 33.6 Å². The highest BCUT2D eigenvalue weighted by molar-refractivity contribution is 7.90. The van der Waals surface area contributed by atoms with Crippen LogP contribution in [0, 0.1) is 11.8 Å². The predicted octanol–water partition coefficient (Wildman–Crippen LogP) is 2.93. The summed E-state index contributed by atoms with van der Waals surface area (Å²) in [6.07, 6.45) is 9.35. The first-order valence-electron chi connectivity index (χ1n) is 10.5. The van der Waals surface area contributed by atoms with E-state index in [9.17, 15) is 13.2 Å². The van der Waals surface area contributed by atoms with Gasteiger partial charge in [0.05, 0.1) is 5.92 Å². The average molecular weight is 404 g/mol. The molecule has 4 rings (SSSR count). The molecule has 1 N–H and O–H groups in total. The highest BCUT2D eigenvalue weighted by Crippen LogP contribution is 2.30. The minimum Gasteiger partial charge on any atom is -0.356 e. The van der Waals surface area contributed by atoms with Gasteiger partial charge in [0.25, 0.3) is 10.0 Å². The van der Waals surface area contributed by atoms with E-state index in [0.29, 0.717) is 17.9 Å². The summed E-state index contributed by atoms with van der Waals surface area (Å²) in [6.45, 7) is 2.00. The Bertz CT molecular complexity index is 859. The lowest BCUT2D eigenvalue weighted by Gasteiger charge is -2.33. The van der Waals surface area contributed by atoms with Crippen molar-refractivity contribution in [3.8, 4) is 0 Å². The van der Waals surface area contributed by atoms with Gasteiger partial charge in [-0.25, -0.2) is 0 Å². The lowest BCUT2D eigenvalue weighted by atomic mass is 9.87. The number of nitrogens with one attached hydrogen (secondary N) is 1. The van der Waals surface area contributed by atoms with E-state index in [1.165, 1.54) is 32.1 Å². The van der Waals surface area contributed by atoms with Crippen LogP contribution in [0.1, 0.15) is 56.9 Å². The highest BCUT2D eigenvalue weighted by atomic mass is 32.2. The Morgan fingerprint density at radius 2 is 1.89 bits per heavy atom. The number of nitrogens with zero attached hydrogens (tertiary/aromatic N) is 2. The summed E-state index contributed by atoms with van der Waals surface area (Å²) >= 11 is 0. The molecule has 2 heterocycles. The SMILES string of the molecule is O=C(NCCC1CCCCC1)C1CCCN(C2=NS(=O)(=O)c3ccccc32)C1. The second kappa shape index (κ2) is 8.23. The zero-order valence-corrected chi connectivity index (χ0v) is 17.1. The van der Waals surface area contributed by atoms with Crippen molar-refractivity contribution in [2.75, 3.05) is 19.6 Å². The van der Waals surface area contributed by atoms with Crippen molar-refractivity contribution < 1.29 is 13.2 Å². The lowest BCUT2D eigenvalue weighted by Crippen LogP contribution is -2.45. The maximum atomic E-state index is 12.7. The molecule has 1 aromatic carbocycles. The molecule has 6 nitrogen and oxygen atoms in total. The fourth-order valence-corrected chi connectivity index (χ4v) is 5.95. The molecule has 7 heteroatoms. The number of benzene rings is 1. The standard InChI is InChI=1S/C21H29N3O3S/c25-21(22-13-12-16-7-2-1-3-8-16)17-9-6-14-24(15-17)20-18-10-4-5-11-19(18)28(26,27)23-20/h4-5,10-11,16-17H,1-3,6-9,12-15H2,(H,22,25). The van der Waals surface area contributed by atoms with Crippen molar-refractivity contribution in [1.29, 1.82) is 0 Å². The number of carbonyl (C=O) groups is 1. The second-order valence-corrected chi connectivity index (χ2v) is 9.83. The Morgan fingerprint density at radius 3 is 2.71 bits per heavy atom. The van der Waals surface area contributed by atoms with Crippen LogP contribution in [0.25, 0.3) is 0 Å². The van der Waals surface area contributed by atoms with Crippen molar-refractivity contribution in [2.24, 2.45) is 16.2 Å². The van der Waals surface area contributed by atoms with Crippen LogP contribution in [0.5, 0.6) is 0 Å². The monoisotopic (exact) mass is 403 g/mol. The number of amides is 1. The van der Waals surface area contributed by atoms with E-state index in [4.69, 9.17) is 0 Å². The van der Waals surface area contributed by atoms with Crippen LogP contribution in [0.4, 0.5) is 0 Å². The molecule has 1 atom stereocenters. The Kier molecular flexibility index (Phi) is 5.71. The molecule has 0 bridgehead atoms. The van der Waals surface area contributed by atoms with Gasteiger partial charge in [-0.05, 0) is 37.3 Å². The van der Waals surface area contributed by atoms with Crippen molar-refractivity contribution in [3.05, 3.63) is 29.8 Å². The summed E-state index contributed by atoms with van der Waals surface area (Å²) in [5, 5.41) is 3.12. The van der Waals surface area contributed by atoms with E-state index >= 15 is 0 Å². The molecule has 28 heavy (non-hydrogen) atoms. The van der Waals surface area contributed by atoms with Crippen LogP contribution in [-0.2, 0) is 14.8 Å². The van der Waals surface area contributed by atoms with Gasteiger partial charge < -0.3 is 10.2 Å². The molecule has 1 amide bonds. The van der Waals surface area contributed by atoms with Crippen molar-refractivity contribution in [1.82, 2.24) is 10.2 Å². The third kappa shape index (κ3) is 4.09. The molecule has 152 valence electrons. The number of carbonyl (C=O) groups excluding carboxylic acids is 1. The number of hydrogen-bond donors (Lipinski definition) is 1. The Hall–Kier alpha value is -1.89. The first-order chi connectivity index (χ1) is 13.5. The molecule has 0 radical (unpaired) electrons. The lowest BCUT2D eigenvalue weighted by molar-refractivity contribution is -0.126. The number of rotatable bonds is 4. The zero-order valence-electron chi connectivity index (χ0n) is 16.3. The van der Waals surface area contributed by atoms with E-state index in [0.717, 1.165) is 38.3 Å². The molecular formula is C21H29N3O3S. The van der Waals surface area contributed by atoms with Crippen LogP contribution < -0.4 is 5.32 Å². The number of fused-ring (bicyclic) bond motifs is 1. The molecule has 3 aliphatic rings. The number of sulfonamides is 1. The fourth-order valence-electron chi connectivity index (χ4n) is 4.72. The Balaban J connectivity index is 1.36. The Morgan fingerprint density at radius 1 is 1.11 bits per heavy atom. The third-order valence-electron chi connectivity index (χ3n) is 6.28. The molecule has 1 unspecified atom stereocenters. The summed E-state index contributed by atoms with van der Waals surface area (Å²) < 4.78 is 28.7. The van der Waals surface area contributed by atoms with Crippen molar-refractivity contribution >= 4 is 21.8 Å². The van der Waals surface area contributed by atoms with Gasteiger partial charge in [0.1, 0.15) is 4.90 Å². The molecular weight excluding hydrogens is 374 g/mol. The van der Waals surface area contributed by atoms with E-state index in [2.05, 4.69) is 9.71 Å². The largest absolute Gasteiger partial charge is 0.356 e. The molecule has 1 aliphatic carbocycles. The number of hydrogen-bond acceptors (Lipinski definition) is 4. The summed E-state index contributed by atoms with van der Waals surface area (Å²) in [5.74, 6) is 1.23. The Labute approximate surface area is 167 Å². The average Bonchev–Trinajstić information content (AvgIpc) is 3.00. The molecule has 1 saturated carbocycles. The summed E-state index contributed by atoms with van der Waals surface area (Å²) in [5.41, 5.74) is 0.654. The molecule has 2 fully saturated rings. The maximum Gasteiger partial charge on any atom is 0.285 e. The minimum absolute atomic E-state index is 0.0928. The van der Waals surface area contributed by atoms with E-state index in [1.54, 1.807) is 18.2 Å². The topological polar surface area (TPSA) is 78.8 Å². The van der Waals surface area contributed by atoms with Gasteiger partial charge in [-0.1, -0.05) is 44.2 Å². The van der Waals surface area contributed by atoms with E-state index in [-0.39, 0.29) is 16.7 Å². The van der Waals surface area contributed by atoms with Gasteiger partial charge in [-0.2, -0.15) is 8.42 Å². The van der Waals surface area contributed by atoms with Gasteiger partial charge in [0, 0.05) is 25.2 Å². The smallest absolute Gasteiger partial charge is 0.285 e. The normalized spacial score (nSPS) is 24.5. The maximum absolute atomic E-state index is 12.7. The molecule has 0 aromatic heterocycles. The predicted molar refractivity (Wildman–Crippen MR) is 109 cm³/mol. The van der Waals surface area contributed by atoms with Gasteiger partial charge in [-0.15, -0.1) is 4.40 Å². The quantitative estimate of drug-likeness (QED) is 0.838. The number of piperidine rings is 1. The molecule has 1 saturated heterocycles. The minimum atomic E-state index is -3.62. The van der Waals surface area contributed by atoms with Gasteiger partial charge in [0.15, 0.2) is 5.84 Å². The highest BCUT2D eigenvalue weighted by Gasteiger charge is 2.35. The van der Waals surface area contributed by atoms with Gasteiger partial charge in [0.2, 0.25) is 5.91 Å². The van der Waals surface area contributed by atoms with Crippen LogP contribution >= 0.6 is 0 Å². The zero-order chi connectivity index (χ0) is 19.6. The molecule has 1 aromatic rings. The van der Waals surface area contributed by atoms with Gasteiger partial charge >= 0.3 is 0 Å². The summed E-state index contributed by atoms with van der Waals surface area (Å²) in [4.78, 5) is 14.9. The molecule has 2 aliphatic heterocycles. The van der Waals surface area contributed by atoms with Gasteiger partial charge in [-0.3, -0.25) is 4.79 Å². The third-order valence-corrected chi connectivity index (χ3v) is 7.61. The fraction of sp³-hybridized carbons (Fsp3) is 0.619. The summed E-state index contributed by atoms with van der Waals surface area (Å²) in [7, 11) is -3.62. The first-order valence-corrected chi connectivity index (χ1v) is 12.0. The molecule has 0 spiro atoms. The van der Waals surface area contributed by atoms with Crippen LogP contribution in [-0.4, -0.2) is 44.7 Å².